The highest BCUT2D eigenvalue weighted by Crippen LogP contribution is 2.05. The first kappa shape index (κ1) is 9.26. The lowest BCUT2D eigenvalue weighted by Crippen LogP contribution is -2.10. The van der Waals surface area contributed by atoms with E-state index in [0.29, 0.717) is 6.04 Å². The zero-order chi connectivity index (χ0) is 8.97. The van der Waals surface area contributed by atoms with Gasteiger partial charge in [-0.05, 0) is 20.9 Å². The first-order chi connectivity index (χ1) is 5.74. The first-order valence-electron chi connectivity index (χ1n) is 4.41. The van der Waals surface area contributed by atoms with Crippen LogP contribution < -0.4 is 5.32 Å². The fourth-order valence-electron chi connectivity index (χ4n) is 1.04. The van der Waals surface area contributed by atoms with Crippen LogP contribution in [0.3, 0.4) is 0 Å². The van der Waals surface area contributed by atoms with Crippen molar-refractivity contribution in [2.75, 3.05) is 13.6 Å². The summed E-state index contributed by atoms with van der Waals surface area (Å²) in [4.78, 5) is 4.30. The van der Waals surface area contributed by atoms with Crippen molar-refractivity contribution in [2.45, 2.75) is 26.3 Å². The number of hydrogen-bond acceptors (Lipinski definition) is 2. The Morgan fingerprint density at radius 1 is 1.58 bits per heavy atom. The molecule has 0 spiro atoms. The van der Waals surface area contributed by atoms with Crippen LogP contribution in [0, 0.1) is 0 Å². The predicted octanol–water partition coefficient (Wildman–Crippen LogP) is 1.23. The fourth-order valence-corrected chi connectivity index (χ4v) is 1.04. The highest BCUT2D eigenvalue weighted by Gasteiger charge is 1.99. The molecule has 0 saturated carbocycles. The second-order valence-corrected chi connectivity index (χ2v) is 3.26. The molecule has 1 aromatic heterocycles. The standard InChI is InChI=1S/C9H17N3/c1-8(2)12-6-9(11-7-12)4-5-10-3/h6-8,10H,4-5H2,1-3H3. The number of imidazole rings is 1. The van der Waals surface area contributed by atoms with Gasteiger partial charge in [0, 0.05) is 25.2 Å². The van der Waals surface area contributed by atoms with Gasteiger partial charge < -0.3 is 9.88 Å². The number of hydrogen-bond donors (Lipinski definition) is 1. The molecule has 0 amide bonds. The van der Waals surface area contributed by atoms with Crippen molar-refractivity contribution in [1.29, 1.82) is 0 Å². The molecule has 0 aliphatic heterocycles. The molecule has 0 unspecified atom stereocenters. The van der Waals surface area contributed by atoms with E-state index in [9.17, 15) is 0 Å². The van der Waals surface area contributed by atoms with E-state index in [1.165, 1.54) is 0 Å². The summed E-state index contributed by atoms with van der Waals surface area (Å²) in [6.07, 6.45) is 5.02. The fraction of sp³-hybridized carbons (Fsp3) is 0.667. The Bertz CT molecular complexity index is 227. The minimum Gasteiger partial charge on any atom is -0.335 e. The highest BCUT2D eigenvalue weighted by molar-refractivity contribution is 4.98. The van der Waals surface area contributed by atoms with Crippen LogP contribution in [-0.4, -0.2) is 23.1 Å². The van der Waals surface area contributed by atoms with Gasteiger partial charge in [0.05, 0.1) is 12.0 Å². The maximum Gasteiger partial charge on any atom is 0.0951 e. The molecule has 12 heavy (non-hydrogen) atoms. The molecular weight excluding hydrogens is 150 g/mol. The average Bonchev–Trinajstić information content (AvgIpc) is 2.48. The van der Waals surface area contributed by atoms with Crippen LogP contribution >= 0.6 is 0 Å². The minimum absolute atomic E-state index is 0.515. The second-order valence-electron chi connectivity index (χ2n) is 3.26. The summed E-state index contributed by atoms with van der Waals surface area (Å²) in [7, 11) is 1.96. The quantitative estimate of drug-likeness (QED) is 0.731. The third-order valence-electron chi connectivity index (χ3n) is 1.88. The van der Waals surface area contributed by atoms with Crippen molar-refractivity contribution >= 4 is 0 Å². The van der Waals surface area contributed by atoms with Crippen molar-refractivity contribution in [2.24, 2.45) is 0 Å². The van der Waals surface area contributed by atoms with E-state index < -0.39 is 0 Å². The molecule has 68 valence electrons. The van der Waals surface area contributed by atoms with Crippen molar-refractivity contribution in [3.8, 4) is 0 Å². The Morgan fingerprint density at radius 3 is 2.83 bits per heavy atom. The largest absolute Gasteiger partial charge is 0.335 e. The van der Waals surface area contributed by atoms with Crippen molar-refractivity contribution < 1.29 is 0 Å². The zero-order valence-electron chi connectivity index (χ0n) is 8.04. The summed E-state index contributed by atoms with van der Waals surface area (Å²) >= 11 is 0. The number of nitrogens with one attached hydrogen (secondary N) is 1. The summed E-state index contributed by atoms with van der Waals surface area (Å²) in [5, 5.41) is 3.11. The zero-order valence-corrected chi connectivity index (χ0v) is 8.04. The highest BCUT2D eigenvalue weighted by atomic mass is 15.1. The van der Waals surface area contributed by atoms with E-state index in [1.807, 2.05) is 13.4 Å². The molecule has 1 rings (SSSR count). The summed E-state index contributed by atoms with van der Waals surface area (Å²) in [6.45, 7) is 5.31. The van der Waals surface area contributed by atoms with E-state index in [1.54, 1.807) is 0 Å². The predicted molar refractivity (Wildman–Crippen MR) is 50.2 cm³/mol. The van der Waals surface area contributed by atoms with Crippen LogP contribution in [-0.2, 0) is 6.42 Å². The maximum absolute atomic E-state index is 4.30. The lowest BCUT2D eigenvalue weighted by molar-refractivity contribution is 0.599. The lowest BCUT2D eigenvalue weighted by Gasteiger charge is -2.03. The van der Waals surface area contributed by atoms with Gasteiger partial charge in [-0.15, -0.1) is 0 Å². The monoisotopic (exact) mass is 167 g/mol. The van der Waals surface area contributed by atoms with Gasteiger partial charge in [-0.3, -0.25) is 0 Å². The van der Waals surface area contributed by atoms with E-state index >= 15 is 0 Å². The van der Waals surface area contributed by atoms with Crippen molar-refractivity contribution in [3.05, 3.63) is 18.2 Å². The molecule has 3 heteroatoms. The van der Waals surface area contributed by atoms with Crippen LogP contribution in [0.15, 0.2) is 12.5 Å². The third-order valence-corrected chi connectivity index (χ3v) is 1.88. The van der Waals surface area contributed by atoms with Gasteiger partial charge in [0.15, 0.2) is 0 Å². The molecule has 1 heterocycles. The third kappa shape index (κ3) is 2.34. The Balaban J connectivity index is 2.52. The number of likely N-dealkylation sites (N-methyl/N-ethyl adjacent to an activating group) is 1. The van der Waals surface area contributed by atoms with Crippen LogP contribution in [0.1, 0.15) is 25.6 Å². The van der Waals surface area contributed by atoms with Gasteiger partial charge in [-0.25, -0.2) is 4.98 Å². The van der Waals surface area contributed by atoms with Crippen LogP contribution in [0.25, 0.3) is 0 Å². The van der Waals surface area contributed by atoms with Crippen molar-refractivity contribution in [1.82, 2.24) is 14.9 Å². The summed E-state index contributed by atoms with van der Waals surface area (Å²) in [5.74, 6) is 0. The minimum atomic E-state index is 0.515. The number of aromatic nitrogens is 2. The molecule has 0 aliphatic carbocycles. The smallest absolute Gasteiger partial charge is 0.0951 e. The van der Waals surface area contributed by atoms with Gasteiger partial charge in [-0.1, -0.05) is 0 Å². The summed E-state index contributed by atoms with van der Waals surface area (Å²) < 4.78 is 2.13. The van der Waals surface area contributed by atoms with E-state index in [-0.39, 0.29) is 0 Å². The van der Waals surface area contributed by atoms with Crippen LogP contribution in [0.4, 0.5) is 0 Å². The molecule has 0 aromatic carbocycles. The molecular formula is C9H17N3. The van der Waals surface area contributed by atoms with Crippen LogP contribution in [0.5, 0.6) is 0 Å². The van der Waals surface area contributed by atoms with Gasteiger partial charge in [0.25, 0.3) is 0 Å². The molecule has 1 aromatic rings. The van der Waals surface area contributed by atoms with Crippen molar-refractivity contribution in [3.63, 3.8) is 0 Å². The molecule has 1 N–H and O–H groups in total. The number of rotatable bonds is 4. The Labute approximate surface area is 73.8 Å². The van der Waals surface area contributed by atoms with E-state index in [4.69, 9.17) is 0 Å². The van der Waals surface area contributed by atoms with Gasteiger partial charge in [0.2, 0.25) is 0 Å². The van der Waals surface area contributed by atoms with Gasteiger partial charge in [0.1, 0.15) is 0 Å². The molecule has 0 atom stereocenters. The second kappa shape index (κ2) is 4.26. The van der Waals surface area contributed by atoms with E-state index in [0.717, 1.165) is 18.7 Å². The number of nitrogens with zero attached hydrogens (tertiary/aromatic N) is 2. The molecule has 0 saturated heterocycles. The molecule has 0 radical (unpaired) electrons. The average molecular weight is 167 g/mol. The molecule has 0 fully saturated rings. The molecule has 3 nitrogen and oxygen atoms in total. The normalized spacial score (nSPS) is 11.0. The summed E-state index contributed by atoms with van der Waals surface area (Å²) in [5.41, 5.74) is 1.16. The van der Waals surface area contributed by atoms with E-state index in [2.05, 4.69) is 34.9 Å². The maximum atomic E-state index is 4.30. The van der Waals surface area contributed by atoms with Gasteiger partial charge in [-0.2, -0.15) is 0 Å². The summed E-state index contributed by atoms with van der Waals surface area (Å²) in [6, 6.07) is 0.515. The Hall–Kier alpha value is -0.830. The topological polar surface area (TPSA) is 29.9 Å². The first-order valence-corrected chi connectivity index (χ1v) is 4.41. The van der Waals surface area contributed by atoms with Crippen LogP contribution in [0.2, 0.25) is 0 Å². The molecule has 0 bridgehead atoms. The lowest BCUT2D eigenvalue weighted by atomic mass is 10.3. The van der Waals surface area contributed by atoms with Gasteiger partial charge >= 0.3 is 0 Å². The SMILES string of the molecule is CNCCc1cn(C(C)C)cn1. The molecule has 0 aliphatic rings. The Morgan fingerprint density at radius 2 is 2.33 bits per heavy atom. The Kier molecular flexibility index (Phi) is 3.29.